The Kier molecular flexibility index (Phi) is 5.95. The van der Waals surface area contributed by atoms with Gasteiger partial charge in [0, 0.05) is 36.1 Å². The SMILES string of the molecule is Cn1c(-c2ccc(F)cc2)c(-c2ccccc2)c2ncc(C(=O)N[C@@H](Cc3c[nH]c4ccccc34)C(=O)O)n21. The van der Waals surface area contributed by atoms with Gasteiger partial charge in [-0.05, 0) is 41.5 Å². The highest BCUT2D eigenvalue weighted by Crippen LogP contribution is 2.37. The first-order valence-electron chi connectivity index (χ1n) is 12.4. The third-order valence-electron chi connectivity index (χ3n) is 6.94. The summed E-state index contributed by atoms with van der Waals surface area (Å²) in [6.07, 6.45) is 3.31. The second kappa shape index (κ2) is 9.60. The minimum Gasteiger partial charge on any atom is -0.480 e. The van der Waals surface area contributed by atoms with Gasteiger partial charge in [-0.25, -0.2) is 18.7 Å². The molecule has 6 rings (SSSR count). The van der Waals surface area contributed by atoms with Crippen molar-refractivity contribution in [1.82, 2.24) is 24.5 Å². The van der Waals surface area contributed by atoms with E-state index in [1.807, 2.05) is 54.6 Å². The Morgan fingerprint density at radius 2 is 1.72 bits per heavy atom. The van der Waals surface area contributed by atoms with Gasteiger partial charge in [-0.2, -0.15) is 0 Å². The second-order valence-corrected chi connectivity index (χ2v) is 9.33. The van der Waals surface area contributed by atoms with Crippen molar-refractivity contribution in [1.29, 1.82) is 0 Å². The summed E-state index contributed by atoms with van der Waals surface area (Å²) in [6, 6.07) is 22.2. The topological polar surface area (TPSA) is 104 Å². The van der Waals surface area contributed by atoms with E-state index >= 15 is 0 Å². The van der Waals surface area contributed by atoms with E-state index in [-0.39, 0.29) is 17.9 Å². The first kappa shape index (κ1) is 24.2. The molecule has 6 aromatic rings. The summed E-state index contributed by atoms with van der Waals surface area (Å²) in [4.78, 5) is 33.4. The summed E-state index contributed by atoms with van der Waals surface area (Å²) in [5.41, 5.74) is 5.54. The Morgan fingerprint density at radius 3 is 2.46 bits per heavy atom. The molecule has 0 saturated carbocycles. The van der Waals surface area contributed by atoms with Crippen LogP contribution in [0.3, 0.4) is 0 Å². The lowest BCUT2D eigenvalue weighted by Gasteiger charge is -2.14. The molecule has 3 heterocycles. The number of nitrogens with one attached hydrogen (secondary N) is 2. The van der Waals surface area contributed by atoms with Crippen molar-refractivity contribution < 1.29 is 19.1 Å². The molecule has 1 amide bonds. The predicted molar refractivity (Wildman–Crippen MR) is 146 cm³/mol. The lowest BCUT2D eigenvalue weighted by atomic mass is 10.0. The van der Waals surface area contributed by atoms with Crippen LogP contribution < -0.4 is 5.32 Å². The van der Waals surface area contributed by atoms with Gasteiger partial charge in [-0.3, -0.25) is 9.48 Å². The zero-order chi connectivity index (χ0) is 27.1. The first-order valence-corrected chi connectivity index (χ1v) is 12.4. The molecule has 0 aliphatic carbocycles. The van der Waals surface area contributed by atoms with E-state index in [0.29, 0.717) is 5.65 Å². The molecule has 3 aromatic heterocycles. The van der Waals surface area contributed by atoms with Crippen molar-refractivity contribution in [2.75, 3.05) is 0 Å². The van der Waals surface area contributed by atoms with Gasteiger partial charge in [0.05, 0.1) is 17.5 Å². The standard InChI is InChI=1S/C30H24FN5O3/c1-35-27(19-11-13-21(31)14-12-19)26(18-7-3-2-4-8-18)28-33-17-25(36(28)35)29(37)34-24(30(38)39)15-20-16-32-23-10-6-5-9-22(20)23/h2-14,16-17,24,32H,15H2,1H3,(H,34,37)(H,38,39)/t24-/m0/s1. The van der Waals surface area contributed by atoms with E-state index in [4.69, 9.17) is 0 Å². The van der Waals surface area contributed by atoms with Gasteiger partial charge in [0.15, 0.2) is 5.65 Å². The third-order valence-corrected chi connectivity index (χ3v) is 6.94. The molecular weight excluding hydrogens is 497 g/mol. The van der Waals surface area contributed by atoms with Crippen LogP contribution in [0.4, 0.5) is 4.39 Å². The summed E-state index contributed by atoms with van der Waals surface area (Å²) >= 11 is 0. The highest BCUT2D eigenvalue weighted by molar-refractivity contribution is 5.98. The number of hydrogen-bond donors (Lipinski definition) is 3. The quantitative estimate of drug-likeness (QED) is 0.273. The van der Waals surface area contributed by atoms with Crippen LogP contribution in [0.5, 0.6) is 0 Å². The maximum Gasteiger partial charge on any atom is 0.326 e. The number of carboxylic acids is 1. The van der Waals surface area contributed by atoms with Crippen LogP contribution in [0.25, 0.3) is 38.9 Å². The molecule has 0 aliphatic heterocycles. The summed E-state index contributed by atoms with van der Waals surface area (Å²) in [5, 5.41) is 13.5. The van der Waals surface area contributed by atoms with Crippen LogP contribution in [0, 0.1) is 5.82 Å². The number of imidazole rings is 1. The molecule has 0 aliphatic rings. The van der Waals surface area contributed by atoms with E-state index in [0.717, 1.165) is 38.9 Å². The van der Waals surface area contributed by atoms with Crippen molar-refractivity contribution in [3.63, 3.8) is 0 Å². The number of halogens is 1. The molecular formula is C30H24FN5O3. The molecule has 39 heavy (non-hydrogen) atoms. The summed E-state index contributed by atoms with van der Waals surface area (Å²) in [7, 11) is 1.79. The Balaban J connectivity index is 1.41. The normalized spacial score (nSPS) is 12.2. The number of aromatic amines is 1. The van der Waals surface area contributed by atoms with Crippen LogP contribution in [-0.2, 0) is 18.3 Å². The number of rotatable bonds is 7. The van der Waals surface area contributed by atoms with Crippen molar-refractivity contribution in [2.45, 2.75) is 12.5 Å². The zero-order valence-electron chi connectivity index (χ0n) is 20.9. The molecule has 194 valence electrons. The lowest BCUT2D eigenvalue weighted by Crippen LogP contribution is -2.42. The van der Waals surface area contributed by atoms with E-state index < -0.39 is 17.9 Å². The number of aryl methyl sites for hydroxylation is 1. The number of carbonyl (C=O) groups excluding carboxylic acids is 1. The van der Waals surface area contributed by atoms with Crippen LogP contribution >= 0.6 is 0 Å². The van der Waals surface area contributed by atoms with Gasteiger partial charge in [-0.1, -0.05) is 48.5 Å². The Morgan fingerprint density at radius 1 is 1.00 bits per heavy atom. The number of benzene rings is 3. The maximum atomic E-state index is 13.7. The number of hydrogen-bond acceptors (Lipinski definition) is 3. The smallest absolute Gasteiger partial charge is 0.326 e. The lowest BCUT2D eigenvalue weighted by molar-refractivity contribution is -0.139. The summed E-state index contributed by atoms with van der Waals surface area (Å²) in [5.74, 6) is -2.06. The van der Waals surface area contributed by atoms with Gasteiger partial charge >= 0.3 is 5.97 Å². The number of fused-ring (bicyclic) bond motifs is 2. The molecule has 1 atom stereocenters. The van der Waals surface area contributed by atoms with Crippen molar-refractivity contribution in [3.05, 3.63) is 108 Å². The van der Waals surface area contributed by atoms with Crippen LogP contribution in [0.2, 0.25) is 0 Å². The molecule has 0 bridgehead atoms. The Labute approximate surface area is 222 Å². The van der Waals surface area contributed by atoms with Crippen LogP contribution in [-0.4, -0.2) is 42.2 Å². The van der Waals surface area contributed by atoms with Gasteiger partial charge in [0.25, 0.3) is 5.91 Å². The number of carboxylic acid groups (broad SMARTS) is 1. The van der Waals surface area contributed by atoms with Crippen molar-refractivity contribution in [2.24, 2.45) is 7.05 Å². The molecule has 9 heteroatoms. The highest BCUT2D eigenvalue weighted by Gasteiger charge is 2.27. The zero-order valence-corrected chi connectivity index (χ0v) is 20.9. The molecule has 0 fully saturated rings. The monoisotopic (exact) mass is 521 g/mol. The Hall–Kier alpha value is -5.18. The average molecular weight is 522 g/mol. The molecule has 3 N–H and O–H groups in total. The number of para-hydroxylation sites is 1. The van der Waals surface area contributed by atoms with Gasteiger partial charge in [-0.15, -0.1) is 0 Å². The minimum atomic E-state index is -1.16. The minimum absolute atomic E-state index is 0.107. The second-order valence-electron chi connectivity index (χ2n) is 9.33. The highest BCUT2D eigenvalue weighted by atomic mass is 19.1. The Bertz CT molecular complexity index is 1830. The number of H-pyrrole nitrogens is 1. The number of carbonyl (C=O) groups is 2. The van der Waals surface area contributed by atoms with Crippen molar-refractivity contribution in [3.8, 4) is 22.4 Å². The van der Waals surface area contributed by atoms with Gasteiger partial charge in [0.1, 0.15) is 17.6 Å². The molecule has 0 saturated heterocycles. The fourth-order valence-corrected chi connectivity index (χ4v) is 5.10. The largest absolute Gasteiger partial charge is 0.480 e. The predicted octanol–water partition coefficient (Wildman–Crippen LogP) is 5.05. The number of aliphatic carboxylic acids is 1. The molecule has 0 unspecified atom stereocenters. The molecule has 8 nitrogen and oxygen atoms in total. The van der Waals surface area contributed by atoms with E-state index in [2.05, 4.69) is 15.3 Å². The van der Waals surface area contributed by atoms with E-state index in [1.165, 1.54) is 18.3 Å². The number of aromatic nitrogens is 4. The summed E-state index contributed by atoms with van der Waals surface area (Å²) < 4.78 is 17.2. The molecule has 0 spiro atoms. The maximum absolute atomic E-state index is 13.7. The molecule has 3 aromatic carbocycles. The fraction of sp³-hybridized carbons (Fsp3) is 0.100. The van der Waals surface area contributed by atoms with Crippen molar-refractivity contribution >= 4 is 28.4 Å². The van der Waals surface area contributed by atoms with E-state index in [9.17, 15) is 19.1 Å². The van der Waals surface area contributed by atoms with Gasteiger partial charge in [0.2, 0.25) is 0 Å². The van der Waals surface area contributed by atoms with E-state index in [1.54, 1.807) is 34.6 Å². The van der Waals surface area contributed by atoms with Crippen LogP contribution in [0.15, 0.2) is 91.3 Å². The fourth-order valence-electron chi connectivity index (χ4n) is 5.10. The number of amides is 1. The number of nitrogens with zero attached hydrogens (tertiary/aromatic N) is 3. The third kappa shape index (κ3) is 4.23. The van der Waals surface area contributed by atoms with Crippen LogP contribution in [0.1, 0.15) is 16.1 Å². The average Bonchev–Trinajstić information content (AvgIpc) is 3.63. The first-order chi connectivity index (χ1) is 18.9. The van der Waals surface area contributed by atoms with Gasteiger partial charge < -0.3 is 15.4 Å². The molecule has 0 radical (unpaired) electrons. The summed E-state index contributed by atoms with van der Waals surface area (Å²) in [6.45, 7) is 0.